The number of aryl methyl sites for hydroxylation is 3. The van der Waals surface area contributed by atoms with Crippen LogP contribution in [0.1, 0.15) is 45.3 Å². The second-order valence-corrected chi connectivity index (χ2v) is 7.22. The average Bonchev–Trinajstić information content (AvgIpc) is 3.37. The first kappa shape index (κ1) is 19.7. The van der Waals surface area contributed by atoms with E-state index in [4.69, 9.17) is 4.52 Å². The van der Waals surface area contributed by atoms with Gasteiger partial charge in [0, 0.05) is 50.4 Å². The number of rotatable bonds is 6. The molecule has 0 saturated heterocycles. The molecule has 4 rings (SSSR count). The van der Waals surface area contributed by atoms with Crippen molar-refractivity contribution in [3.63, 3.8) is 0 Å². The van der Waals surface area contributed by atoms with Gasteiger partial charge in [-0.05, 0) is 41.5 Å². The van der Waals surface area contributed by atoms with Crippen LogP contribution in [0.4, 0.5) is 0 Å². The molecule has 2 amide bonds. The van der Waals surface area contributed by atoms with Gasteiger partial charge in [0.05, 0.1) is 6.54 Å². The summed E-state index contributed by atoms with van der Waals surface area (Å²) in [6.07, 6.45) is 2.72. The summed E-state index contributed by atoms with van der Waals surface area (Å²) in [7, 11) is 0. The quantitative estimate of drug-likeness (QED) is 0.624. The molecule has 3 aromatic rings. The molecule has 0 spiro atoms. The monoisotopic (exact) mass is 410 g/mol. The smallest absolute Gasteiger partial charge is 0.276 e. The lowest BCUT2D eigenvalue weighted by molar-refractivity contribution is -0.121. The zero-order valence-electron chi connectivity index (χ0n) is 16.8. The van der Waals surface area contributed by atoms with Gasteiger partial charge in [0.15, 0.2) is 5.69 Å². The van der Waals surface area contributed by atoms with Gasteiger partial charge >= 0.3 is 0 Å². The van der Waals surface area contributed by atoms with Gasteiger partial charge in [0.1, 0.15) is 11.6 Å². The van der Waals surface area contributed by atoms with Gasteiger partial charge in [0.2, 0.25) is 5.91 Å². The van der Waals surface area contributed by atoms with Gasteiger partial charge in [-0.1, -0.05) is 5.16 Å². The third-order valence-electron chi connectivity index (χ3n) is 4.98. The van der Waals surface area contributed by atoms with E-state index in [0.29, 0.717) is 49.9 Å². The summed E-state index contributed by atoms with van der Waals surface area (Å²) in [6, 6.07) is 3.63. The Morgan fingerprint density at radius 3 is 2.87 bits per heavy atom. The normalized spacial score (nSPS) is 13.2. The standard InChI is InChI=1S/C19H22N8O3/c1-12-7-17(23-30-12)19(29)26-5-3-16-15(11-26)8-14(9-20-16)10-21-18(28)4-6-27-13(2)22-24-25-27/h7-9H,3-6,10-11H2,1-2H3,(H,21,28). The minimum Gasteiger partial charge on any atom is -0.361 e. The lowest BCUT2D eigenvalue weighted by atomic mass is 10.0. The number of fused-ring (bicyclic) bond motifs is 1. The molecular weight excluding hydrogens is 388 g/mol. The van der Waals surface area contributed by atoms with Gasteiger partial charge in [-0.2, -0.15) is 0 Å². The molecular formula is C19H22N8O3. The van der Waals surface area contributed by atoms with E-state index in [1.54, 1.807) is 35.7 Å². The fourth-order valence-electron chi connectivity index (χ4n) is 3.33. The molecule has 0 fully saturated rings. The van der Waals surface area contributed by atoms with E-state index >= 15 is 0 Å². The van der Waals surface area contributed by atoms with E-state index in [1.807, 2.05) is 6.07 Å². The van der Waals surface area contributed by atoms with Gasteiger partial charge in [-0.3, -0.25) is 14.6 Å². The van der Waals surface area contributed by atoms with Crippen molar-refractivity contribution in [3.8, 4) is 0 Å². The minimum absolute atomic E-state index is 0.0965. The number of nitrogens with one attached hydrogen (secondary N) is 1. The van der Waals surface area contributed by atoms with Crippen molar-refractivity contribution in [1.29, 1.82) is 0 Å². The number of carbonyl (C=O) groups is 2. The third kappa shape index (κ3) is 4.34. The maximum atomic E-state index is 12.6. The summed E-state index contributed by atoms with van der Waals surface area (Å²) in [5.41, 5.74) is 3.14. The molecule has 0 unspecified atom stereocenters. The van der Waals surface area contributed by atoms with Crippen LogP contribution in [0.3, 0.4) is 0 Å². The highest BCUT2D eigenvalue weighted by molar-refractivity contribution is 5.92. The number of nitrogens with zero attached hydrogens (tertiary/aromatic N) is 7. The molecule has 1 N–H and O–H groups in total. The van der Waals surface area contributed by atoms with Crippen LogP contribution in [-0.4, -0.2) is 53.6 Å². The van der Waals surface area contributed by atoms with Crippen LogP contribution in [0.25, 0.3) is 0 Å². The summed E-state index contributed by atoms with van der Waals surface area (Å²) in [5.74, 6) is 1.02. The zero-order chi connectivity index (χ0) is 21.1. The Labute approximate surface area is 172 Å². The van der Waals surface area contributed by atoms with Gasteiger partial charge < -0.3 is 14.7 Å². The molecule has 11 nitrogen and oxygen atoms in total. The van der Waals surface area contributed by atoms with Crippen LogP contribution in [0, 0.1) is 13.8 Å². The van der Waals surface area contributed by atoms with E-state index in [-0.39, 0.29) is 18.2 Å². The molecule has 4 heterocycles. The minimum atomic E-state index is -0.158. The number of tetrazole rings is 1. The predicted molar refractivity (Wildman–Crippen MR) is 103 cm³/mol. The van der Waals surface area contributed by atoms with Crippen molar-refractivity contribution in [1.82, 2.24) is 40.6 Å². The molecule has 0 saturated carbocycles. The van der Waals surface area contributed by atoms with Crippen molar-refractivity contribution in [2.45, 2.75) is 46.3 Å². The molecule has 1 aliphatic rings. The lowest BCUT2D eigenvalue weighted by Crippen LogP contribution is -2.36. The van der Waals surface area contributed by atoms with Crippen LogP contribution in [0.15, 0.2) is 22.9 Å². The maximum Gasteiger partial charge on any atom is 0.276 e. The number of pyridine rings is 1. The Hall–Kier alpha value is -3.63. The highest BCUT2D eigenvalue weighted by atomic mass is 16.5. The Bertz CT molecular complexity index is 1070. The van der Waals surface area contributed by atoms with E-state index in [2.05, 4.69) is 31.0 Å². The third-order valence-corrected chi connectivity index (χ3v) is 4.98. The summed E-state index contributed by atoms with van der Waals surface area (Å²) >= 11 is 0. The van der Waals surface area contributed by atoms with Crippen molar-refractivity contribution < 1.29 is 14.1 Å². The molecule has 3 aromatic heterocycles. The summed E-state index contributed by atoms with van der Waals surface area (Å²) in [4.78, 5) is 31.0. The highest BCUT2D eigenvalue weighted by Crippen LogP contribution is 2.20. The van der Waals surface area contributed by atoms with Crippen LogP contribution < -0.4 is 5.32 Å². The molecule has 0 aromatic carbocycles. The summed E-state index contributed by atoms with van der Waals surface area (Å²) in [5, 5.41) is 17.9. The van der Waals surface area contributed by atoms with Crippen molar-refractivity contribution >= 4 is 11.8 Å². The SMILES string of the molecule is Cc1cc(C(=O)N2CCc3ncc(CNC(=O)CCn4nnnc4C)cc3C2)no1. The number of amides is 2. The number of hydrogen-bond acceptors (Lipinski definition) is 8. The van der Waals surface area contributed by atoms with Crippen molar-refractivity contribution in [2.75, 3.05) is 6.54 Å². The number of carbonyl (C=O) groups excluding carboxylic acids is 2. The predicted octanol–water partition coefficient (Wildman–Crippen LogP) is 0.578. The Morgan fingerprint density at radius 1 is 1.27 bits per heavy atom. The molecule has 30 heavy (non-hydrogen) atoms. The highest BCUT2D eigenvalue weighted by Gasteiger charge is 2.24. The lowest BCUT2D eigenvalue weighted by Gasteiger charge is -2.27. The van der Waals surface area contributed by atoms with Gasteiger partial charge in [0.25, 0.3) is 5.91 Å². The van der Waals surface area contributed by atoms with Crippen LogP contribution in [0.5, 0.6) is 0 Å². The first-order chi connectivity index (χ1) is 14.5. The molecule has 0 atom stereocenters. The van der Waals surface area contributed by atoms with Gasteiger partial charge in [-0.25, -0.2) is 4.68 Å². The maximum absolute atomic E-state index is 12.6. The largest absolute Gasteiger partial charge is 0.361 e. The molecule has 0 aliphatic carbocycles. The van der Waals surface area contributed by atoms with Crippen molar-refractivity contribution in [2.24, 2.45) is 0 Å². The van der Waals surface area contributed by atoms with Gasteiger partial charge in [-0.15, -0.1) is 5.10 Å². The van der Waals surface area contributed by atoms with Crippen LogP contribution >= 0.6 is 0 Å². The molecule has 156 valence electrons. The molecule has 1 aliphatic heterocycles. The zero-order valence-corrected chi connectivity index (χ0v) is 16.8. The Morgan fingerprint density at radius 2 is 2.13 bits per heavy atom. The number of hydrogen-bond donors (Lipinski definition) is 1. The Balaban J connectivity index is 1.34. The van der Waals surface area contributed by atoms with E-state index in [0.717, 1.165) is 16.8 Å². The Kier molecular flexibility index (Phi) is 5.50. The van der Waals surface area contributed by atoms with E-state index < -0.39 is 0 Å². The first-order valence-corrected chi connectivity index (χ1v) is 9.68. The topological polar surface area (TPSA) is 132 Å². The first-order valence-electron chi connectivity index (χ1n) is 9.68. The molecule has 11 heteroatoms. The molecule has 0 radical (unpaired) electrons. The second-order valence-electron chi connectivity index (χ2n) is 7.22. The summed E-state index contributed by atoms with van der Waals surface area (Å²) in [6.45, 7) is 5.36. The summed E-state index contributed by atoms with van der Waals surface area (Å²) < 4.78 is 6.59. The van der Waals surface area contributed by atoms with Crippen LogP contribution in [0.2, 0.25) is 0 Å². The molecule has 0 bridgehead atoms. The number of aromatic nitrogens is 6. The van der Waals surface area contributed by atoms with Crippen molar-refractivity contribution in [3.05, 3.63) is 52.4 Å². The second kappa shape index (κ2) is 8.39. The average molecular weight is 410 g/mol. The van der Waals surface area contributed by atoms with E-state index in [9.17, 15) is 9.59 Å². The van der Waals surface area contributed by atoms with Crippen LogP contribution in [-0.2, 0) is 30.8 Å². The fourth-order valence-corrected chi connectivity index (χ4v) is 3.33. The fraction of sp³-hybridized carbons (Fsp3) is 0.421. The van der Waals surface area contributed by atoms with E-state index in [1.165, 1.54) is 0 Å².